The van der Waals surface area contributed by atoms with Gasteiger partial charge in [-0.3, -0.25) is 5.01 Å². The molecule has 31 heavy (non-hydrogen) atoms. The Labute approximate surface area is 180 Å². The summed E-state index contributed by atoms with van der Waals surface area (Å²) in [7, 11) is 0. The number of nitrogens with zero attached hydrogens (tertiary/aromatic N) is 5. The number of aromatic nitrogens is 4. The van der Waals surface area contributed by atoms with Gasteiger partial charge in [0.2, 0.25) is 0 Å². The lowest BCUT2D eigenvalue weighted by Crippen LogP contribution is -2.32. The molecular weight excluding hydrogens is 386 g/mol. The standard InChI is InChI=1S/C24H23N7/c1-17(29-24-22-23(26-15-25-22)27-16-28-24)20-12-13-31(14-18-8-4-2-5-9-18)30-21(20)19-10-6-3-7-11-19/h2-12,15-17H,13-14H2,1H3,(H2,25,26,27,28,29). The molecule has 154 valence electrons. The molecule has 0 spiro atoms. The van der Waals surface area contributed by atoms with E-state index in [9.17, 15) is 0 Å². The molecule has 0 saturated carbocycles. The van der Waals surface area contributed by atoms with Crippen LogP contribution in [0.25, 0.3) is 11.2 Å². The Kier molecular flexibility index (Phi) is 5.14. The molecule has 1 unspecified atom stereocenters. The molecule has 7 nitrogen and oxygen atoms in total. The fourth-order valence-corrected chi connectivity index (χ4v) is 3.79. The highest BCUT2D eigenvalue weighted by Gasteiger charge is 2.23. The van der Waals surface area contributed by atoms with E-state index in [2.05, 4.69) is 79.7 Å². The number of fused-ring (bicyclic) bond motifs is 1. The first-order valence-electron chi connectivity index (χ1n) is 10.3. The van der Waals surface area contributed by atoms with Crippen LogP contribution in [0.5, 0.6) is 0 Å². The zero-order chi connectivity index (χ0) is 21.0. The fraction of sp³-hybridized carbons (Fsp3) is 0.167. The first-order chi connectivity index (χ1) is 15.3. The Morgan fingerprint density at radius 1 is 1.00 bits per heavy atom. The molecule has 0 saturated heterocycles. The van der Waals surface area contributed by atoms with E-state index in [0.717, 1.165) is 41.3 Å². The Morgan fingerprint density at radius 3 is 2.58 bits per heavy atom. The Bertz CT molecular complexity index is 1230. The molecule has 3 heterocycles. The van der Waals surface area contributed by atoms with Crippen LogP contribution in [0.2, 0.25) is 0 Å². The number of hydrogen-bond donors (Lipinski definition) is 2. The van der Waals surface area contributed by atoms with Crippen molar-refractivity contribution in [3.05, 3.63) is 96.1 Å². The van der Waals surface area contributed by atoms with Crippen molar-refractivity contribution in [3.63, 3.8) is 0 Å². The number of anilines is 1. The van der Waals surface area contributed by atoms with Gasteiger partial charge in [0.1, 0.15) is 11.8 Å². The second kappa shape index (κ2) is 8.39. The van der Waals surface area contributed by atoms with Crippen molar-refractivity contribution in [1.29, 1.82) is 0 Å². The summed E-state index contributed by atoms with van der Waals surface area (Å²) in [5, 5.41) is 10.7. The minimum absolute atomic E-state index is 0.000712. The summed E-state index contributed by atoms with van der Waals surface area (Å²) in [5.41, 5.74) is 5.89. The van der Waals surface area contributed by atoms with Crippen LogP contribution in [0.15, 0.2) is 90.1 Å². The van der Waals surface area contributed by atoms with Gasteiger partial charge < -0.3 is 10.3 Å². The first-order valence-corrected chi connectivity index (χ1v) is 10.3. The highest BCUT2D eigenvalue weighted by molar-refractivity contribution is 6.13. The normalized spacial score (nSPS) is 14.8. The Morgan fingerprint density at radius 2 is 1.77 bits per heavy atom. The molecule has 1 aliphatic heterocycles. The lowest BCUT2D eigenvalue weighted by atomic mass is 9.95. The second-order valence-electron chi connectivity index (χ2n) is 7.50. The predicted molar refractivity (Wildman–Crippen MR) is 123 cm³/mol. The average molecular weight is 409 g/mol. The van der Waals surface area contributed by atoms with Crippen LogP contribution in [0.4, 0.5) is 5.82 Å². The SMILES string of the molecule is CC(Nc1ncnc2nc[nH]c12)C1=CCN(Cc2ccccc2)N=C1c1ccccc1. The van der Waals surface area contributed by atoms with Crippen molar-refractivity contribution in [2.45, 2.75) is 19.5 Å². The Balaban J connectivity index is 1.44. The number of hydrazone groups is 1. The quantitative estimate of drug-likeness (QED) is 0.503. The van der Waals surface area contributed by atoms with E-state index in [-0.39, 0.29) is 6.04 Å². The number of nitrogens with one attached hydrogen (secondary N) is 2. The van der Waals surface area contributed by atoms with Gasteiger partial charge in [0.25, 0.3) is 0 Å². The number of rotatable bonds is 6. The average Bonchev–Trinajstić information content (AvgIpc) is 3.30. The molecule has 0 bridgehead atoms. The lowest BCUT2D eigenvalue weighted by Gasteiger charge is -2.29. The maximum absolute atomic E-state index is 5.03. The smallest absolute Gasteiger partial charge is 0.182 e. The molecule has 4 aromatic rings. The molecule has 2 N–H and O–H groups in total. The van der Waals surface area contributed by atoms with Gasteiger partial charge in [-0.15, -0.1) is 0 Å². The van der Waals surface area contributed by atoms with E-state index in [1.165, 1.54) is 11.9 Å². The van der Waals surface area contributed by atoms with Gasteiger partial charge in [-0.05, 0) is 18.1 Å². The van der Waals surface area contributed by atoms with Gasteiger partial charge >= 0.3 is 0 Å². The number of aromatic amines is 1. The van der Waals surface area contributed by atoms with Crippen LogP contribution in [0.3, 0.4) is 0 Å². The molecule has 0 radical (unpaired) electrons. The summed E-state index contributed by atoms with van der Waals surface area (Å²) in [5.74, 6) is 0.732. The van der Waals surface area contributed by atoms with Crippen LogP contribution in [-0.2, 0) is 6.54 Å². The van der Waals surface area contributed by atoms with Gasteiger partial charge in [-0.25, -0.2) is 15.0 Å². The molecular formula is C24H23N7. The largest absolute Gasteiger partial charge is 0.362 e. The monoisotopic (exact) mass is 409 g/mol. The van der Waals surface area contributed by atoms with E-state index < -0.39 is 0 Å². The molecule has 1 atom stereocenters. The summed E-state index contributed by atoms with van der Waals surface area (Å²) in [4.78, 5) is 15.9. The summed E-state index contributed by atoms with van der Waals surface area (Å²) in [6.07, 6.45) is 5.41. The zero-order valence-corrected chi connectivity index (χ0v) is 17.2. The van der Waals surface area contributed by atoms with E-state index in [1.807, 2.05) is 24.3 Å². The zero-order valence-electron chi connectivity index (χ0n) is 17.2. The van der Waals surface area contributed by atoms with Crippen molar-refractivity contribution in [3.8, 4) is 0 Å². The molecule has 5 rings (SSSR count). The third-order valence-corrected chi connectivity index (χ3v) is 5.33. The van der Waals surface area contributed by atoms with Crippen LogP contribution in [0.1, 0.15) is 18.1 Å². The van der Waals surface area contributed by atoms with E-state index in [1.54, 1.807) is 6.33 Å². The molecule has 2 aromatic carbocycles. The minimum atomic E-state index is -0.000712. The molecule has 7 heteroatoms. The third-order valence-electron chi connectivity index (χ3n) is 5.33. The highest BCUT2D eigenvalue weighted by Crippen LogP contribution is 2.23. The number of imidazole rings is 1. The molecule has 1 aliphatic rings. The van der Waals surface area contributed by atoms with Crippen LogP contribution in [-0.4, -0.2) is 43.2 Å². The van der Waals surface area contributed by atoms with Crippen molar-refractivity contribution in [1.82, 2.24) is 24.9 Å². The van der Waals surface area contributed by atoms with Crippen molar-refractivity contribution >= 4 is 22.7 Å². The molecule has 2 aromatic heterocycles. The predicted octanol–water partition coefficient (Wildman–Crippen LogP) is 4.00. The van der Waals surface area contributed by atoms with Crippen molar-refractivity contribution < 1.29 is 0 Å². The van der Waals surface area contributed by atoms with E-state index >= 15 is 0 Å². The van der Waals surface area contributed by atoms with Crippen LogP contribution >= 0.6 is 0 Å². The summed E-state index contributed by atoms with van der Waals surface area (Å²) >= 11 is 0. The van der Waals surface area contributed by atoms with Gasteiger partial charge in [0.15, 0.2) is 11.5 Å². The van der Waals surface area contributed by atoms with Gasteiger partial charge in [0.05, 0.1) is 31.2 Å². The number of benzene rings is 2. The van der Waals surface area contributed by atoms with Crippen molar-refractivity contribution in [2.24, 2.45) is 5.10 Å². The molecule has 0 aliphatic carbocycles. The Hall–Kier alpha value is -4.00. The molecule has 0 amide bonds. The maximum atomic E-state index is 5.03. The van der Waals surface area contributed by atoms with Crippen molar-refractivity contribution in [2.75, 3.05) is 11.9 Å². The van der Waals surface area contributed by atoms with Gasteiger partial charge in [-0.1, -0.05) is 66.7 Å². The van der Waals surface area contributed by atoms with Crippen LogP contribution < -0.4 is 5.32 Å². The highest BCUT2D eigenvalue weighted by atomic mass is 15.5. The minimum Gasteiger partial charge on any atom is -0.362 e. The summed E-state index contributed by atoms with van der Waals surface area (Å²) < 4.78 is 0. The maximum Gasteiger partial charge on any atom is 0.182 e. The summed E-state index contributed by atoms with van der Waals surface area (Å²) in [6, 6.07) is 20.7. The topological polar surface area (TPSA) is 82.1 Å². The van der Waals surface area contributed by atoms with Crippen LogP contribution in [0, 0.1) is 0 Å². The fourth-order valence-electron chi connectivity index (χ4n) is 3.79. The number of H-pyrrole nitrogens is 1. The summed E-state index contributed by atoms with van der Waals surface area (Å²) in [6.45, 7) is 3.64. The molecule has 0 fully saturated rings. The van der Waals surface area contributed by atoms with Gasteiger partial charge in [0, 0.05) is 5.56 Å². The van der Waals surface area contributed by atoms with E-state index in [0.29, 0.717) is 5.65 Å². The van der Waals surface area contributed by atoms with Gasteiger partial charge in [-0.2, -0.15) is 5.10 Å². The number of hydrogen-bond acceptors (Lipinski definition) is 6. The first kappa shape index (κ1) is 19.0. The van der Waals surface area contributed by atoms with E-state index in [4.69, 9.17) is 5.10 Å². The second-order valence-corrected chi connectivity index (χ2v) is 7.50. The lowest BCUT2D eigenvalue weighted by molar-refractivity contribution is 0.307. The third kappa shape index (κ3) is 4.02.